The van der Waals surface area contributed by atoms with Gasteiger partial charge in [-0.25, -0.2) is 15.0 Å². The number of rotatable bonds is 9. The maximum absolute atomic E-state index is 12.7. The van der Waals surface area contributed by atoms with Gasteiger partial charge < -0.3 is 29.6 Å². The van der Waals surface area contributed by atoms with Crippen molar-refractivity contribution in [1.82, 2.24) is 19.5 Å². The summed E-state index contributed by atoms with van der Waals surface area (Å²) in [5.74, 6) is 0.897. The van der Waals surface area contributed by atoms with Crippen LogP contribution in [0.5, 0.6) is 0 Å². The molecule has 0 radical (unpaired) electrons. The Kier molecular flexibility index (Phi) is 7.95. The maximum Gasteiger partial charge on any atom is 0.353 e. The van der Waals surface area contributed by atoms with Gasteiger partial charge in [-0.2, -0.15) is 0 Å². The number of aromatic nitrogens is 4. The molecule has 0 amide bonds. The Morgan fingerprint density at radius 3 is 2.97 bits per heavy atom. The first-order valence-corrected chi connectivity index (χ1v) is 14.5. The van der Waals surface area contributed by atoms with Crippen molar-refractivity contribution in [3.63, 3.8) is 0 Å². The van der Waals surface area contributed by atoms with Crippen LogP contribution in [-0.2, 0) is 27.0 Å². The fourth-order valence-corrected chi connectivity index (χ4v) is 7.82. The molecule has 4 rings (SSSR count). The fourth-order valence-electron chi connectivity index (χ4n) is 3.63. The van der Waals surface area contributed by atoms with Crippen molar-refractivity contribution in [2.24, 2.45) is 0 Å². The second-order valence-electron chi connectivity index (χ2n) is 7.76. The van der Waals surface area contributed by atoms with Crippen LogP contribution in [0.2, 0.25) is 0 Å². The van der Waals surface area contributed by atoms with E-state index in [0.717, 1.165) is 11.1 Å². The van der Waals surface area contributed by atoms with Crippen LogP contribution in [0.1, 0.15) is 29.7 Å². The van der Waals surface area contributed by atoms with Gasteiger partial charge in [0.05, 0.1) is 31.7 Å². The largest absolute Gasteiger partial charge is 0.392 e. The third-order valence-electron chi connectivity index (χ3n) is 5.21. The van der Waals surface area contributed by atoms with Gasteiger partial charge in [-0.1, -0.05) is 45.9 Å². The predicted octanol–water partition coefficient (Wildman–Crippen LogP) is 3.36. The third-order valence-corrected chi connectivity index (χ3v) is 9.15. The van der Waals surface area contributed by atoms with Gasteiger partial charge in [0.2, 0.25) is 0 Å². The summed E-state index contributed by atoms with van der Waals surface area (Å²) in [6, 6.07) is 7.69. The van der Waals surface area contributed by atoms with Gasteiger partial charge in [-0.3, -0.25) is 4.57 Å². The van der Waals surface area contributed by atoms with E-state index in [-0.39, 0.29) is 24.1 Å². The Labute approximate surface area is 199 Å². The van der Waals surface area contributed by atoms with Gasteiger partial charge in [0.25, 0.3) is 0 Å². The van der Waals surface area contributed by atoms with Crippen molar-refractivity contribution in [2.75, 3.05) is 17.8 Å². The summed E-state index contributed by atoms with van der Waals surface area (Å²) in [4.78, 5) is 22.7. The van der Waals surface area contributed by atoms with Crippen LogP contribution in [0.4, 0.5) is 5.82 Å². The number of hydrogen-bond acceptors (Lipinski definition) is 10. The quantitative estimate of drug-likeness (QED) is 0.287. The summed E-state index contributed by atoms with van der Waals surface area (Å²) in [5, 5.41) is 9.69. The molecule has 0 saturated carbocycles. The average molecular weight is 512 g/mol. The van der Waals surface area contributed by atoms with Gasteiger partial charge in [-0.15, -0.1) is 0 Å². The minimum absolute atomic E-state index is 0.0432. The minimum Gasteiger partial charge on any atom is -0.392 e. The number of aliphatic hydroxyl groups excluding tert-OH is 1. The molecule has 1 fully saturated rings. The lowest BCUT2D eigenvalue weighted by molar-refractivity contribution is 0.0659. The number of nitrogens with two attached hydrogens (primary N) is 1. The van der Waals surface area contributed by atoms with E-state index < -0.39 is 13.9 Å². The Morgan fingerprint density at radius 1 is 1.33 bits per heavy atom. The molecule has 13 heteroatoms. The molecule has 0 spiro atoms. The van der Waals surface area contributed by atoms with Gasteiger partial charge in [0.15, 0.2) is 11.5 Å². The van der Waals surface area contributed by atoms with E-state index in [1.807, 2.05) is 24.3 Å². The number of nitrogen functional groups attached to an aromatic ring is 1. The van der Waals surface area contributed by atoms with E-state index in [0.29, 0.717) is 35.7 Å². The van der Waals surface area contributed by atoms with Crippen molar-refractivity contribution >= 4 is 46.2 Å². The molecule has 1 aliphatic rings. The fraction of sp³-hybridized carbons (Fsp3) is 0.450. The first kappa shape index (κ1) is 24.5. The van der Waals surface area contributed by atoms with Gasteiger partial charge in [-0.05, 0) is 24.5 Å². The molecule has 3 unspecified atom stereocenters. The molecule has 0 bridgehead atoms. The van der Waals surface area contributed by atoms with Crippen LogP contribution in [0.3, 0.4) is 0 Å². The number of nitrogens with zero attached hydrogens (tertiary/aromatic N) is 4. The lowest BCUT2D eigenvalue weighted by Crippen LogP contribution is -2.23. The molecule has 1 aromatic carbocycles. The van der Waals surface area contributed by atoms with Crippen molar-refractivity contribution < 1.29 is 23.8 Å². The number of hydrogen-bond donors (Lipinski definition) is 3. The lowest BCUT2D eigenvalue weighted by Gasteiger charge is -2.30. The molecule has 178 valence electrons. The highest BCUT2D eigenvalue weighted by Crippen LogP contribution is 2.52. The molecule has 4 N–H and O–H groups in total. The third kappa shape index (κ3) is 6.07. The van der Waals surface area contributed by atoms with Gasteiger partial charge in [0.1, 0.15) is 18.2 Å². The first-order chi connectivity index (χ1) is 15.9. The number of aliphatic hydroxyl groups is 1. The van der Waals surface area contributed by atoms with E-state index in [4.69, 9.17) is 15.0 Å². The lowest BCUT2D eigenvalue weighted by atomic mass is 10.0. The van der Waals surface area contributed by atoms with Crippen LogP contribution >= 0.6 is 29.2 Å². The molecular weight excluding hydrogens is 485 g/mol. The summed E-state index contributed by atoms with van der Waals surface area (Å²) in [5.41, 5.74) is 8.78. The van der Waals surface area contributed by atoms with Crippen molar-refractivity contribution in [2.45, 2.75) is 44.0 Å². The van der Waals surface area contributed by atoms with Crippen LogP contribution in [0, 0.1) is 0 Å². The first-order valence-electron chi connectivity index (χ1n) is 10.4. The second-order valence-corrected chi connectivity index (χ2v) is 12.1. The molecule has 1 aliphatic heterocycles. The van der Waals surface area contributed by atoms with Crippen LogP contribution in [0.15, 0.2) is 36.9 Å². The molecule has 3 heterocycles. The molecule has 3 aromatic rings. The molecule has 4 atom stereocenters. The minimum atomic E-state index is -3.96. The topological polar surface area (TPSA) is 146 Å². The van der Waals surface area contributed by atoms with Crippen molar-refractivity contribution in [3.8, 4) is 0 Å². The Hall–Kier alpha value is -1.66. The molecule has 33 heavy (non-hydrogen) atoms. The van der Waals surface area contributed by atoms with Crippen LogP contribution in [-0.4, -0.2) is 53.8 Å². The Bertz CT molecular complexity index is 1150. The van der Waals surface area contributed by atoms with Crippen LogP contribution < -0.4 is 5.73 Å². The maximum atomic E-state index is 12.7. The van der Waals surface area contributed by atoms with Gasteiger partial charge >= 0.3 is 7.60 Å². The zero-order chi connectivity index (χ0) is 23.4. The van der Waals surface area contributed by atoms with E-state index in [2.05, 4.69) is 15.0 Å². The van der Waals surface area contributed by atoms with E-state index >= 15 is 0 Å². The summed E-state index contributed by atoms with van der Waals surface area (Å²) in [6.07, 6.45) is 2.35. The SMILES string of the molecule is C[C@H](Cn1cnc2c(N)ncnc21)OCP(=O)(O)OC1CSSC(c2ccccc2CO)C1. The summed E-state index contributed by atoms with van der Waals surface area (Å²) in [6.45, 7) is 2.13. The highest BCUT2D eigenvalue weighted by atomic mass is 33.1. The number of anilines is 1. The Balaban J connectivity index is 1.32. The molecule has 0 aliphatic carbocycles. The molecule has 10 nitrogen and oxygen atoms in total. The molecular formula is C20H26N5O5PS2. The zero-order valence-corrected chi connectivity index (χ0v) is 20.5. The highest BCUT2D eigenvalue weighted by Gasteiger charge is 2.32. The number of imidazole rings is 1. The number of fused-ring (bicyclic) bond motifs is 1. The summed E-state index contributed by atoms with van der Waals surface area (Å²) < 4.78 is 25.7. The predicted molar refractivity (Wildman–Crippen MR) is 130 cm³/mol. The van der Waals surface area contributed by atoms with E-state index in [1.54, 1.807) is 39.4 Å². The monoisotopic (exact) mass is 511 g/mol. The number of benzene rings is 1. The van der Waals surface area contributed by atoms with Crippen molar-refractivity contribution in [3.05, 3.63) is 48.0 Å². The smallest absolute Gasteiger partial charge is 0.353 e. The van der Waals surface area contributed by atoms with E-state index in [9.17, 15) is 14.6 Å². The zero-order valence-electron chi connectivity index (χ0n) is 18.0. The van der Waals surface area contributed by atoms with Crippen LogP contribution in [0.25, 0.3) is 11.2 Å². The number of ether oxygens (including phenoxy) is 1. The average Bonchev–Trinajstić information content (AvgIpc) is 3.21. The molecule has 1 saturated heterocycles. The highest BCUT2D eigenvalue weighted by molar-refractivity contribution is 8.76. The van der Waals surface area contributed by atoms with Gasteiger partial charge in [0, 0.05) is 11.0 Å². The summed E-state index contributed by atoms with van der Waals surface area (Å²) in [7, 11) is -0.670. The molecule has 2 aromatic heterocycles. The Morgan fingerprint density at radius 2 is 2.15 bits per heavy atom. The van der Waals surface area contributed by atoms with E-state index in [1.165, 1.54) is 6.33 Å². The van der Waals surface area contributed by atoms with Crippen molar-refractivity contribution in [1.29, 1.82) is 0 Å². The standard InChI is InChI=1S/C20H26N5O5PS2/c1-13(7-25-11-24-18-19(21)22-10-23-20(18)25)29-12-31(27,28)30-15-6-17(33-32-9-15)16-5-3-2-4-14(16)8-26/h2-5,10-11,13,15,17,26H,6-9,12H2,1H3,(H,27,28)(H2,21,22,23)/t13-,15?,17?/m1/s1. The normalized spacial score (nSPS) is 21.7. The summed E-state index contributed by atoms with van der Waals surface area (Å²) >= 11 is 0. The second kappa shape index (κ2) is 10.7.